The molecule has 0 atom stereocenters. The second kappa shape index (κ2) is 15.2. The maximum absolute atomic E-state index is 11.4. The van der Waals surface area contributed by atoms with Crippen LogP contribution in [0, 0.1) is 0 Å². The normalized spacial score (nSPS) is 11.3. The number of hydrogen-bond donors (Lipinski definition) is 1. The van der Waals surface area contributed by atoms with Crippen molar-refractivity contribution < 1.29 is 33.5 Å². The minimum absolute atomic E-state index is 0.183. The first-order valence-electron chi connectivity index (χ1n) is 6.83. The lowest BCUT2D eigenvalue weighted by molar-refractivity contribution is -0.900. The molecule has 0 aliphatic heterocycles. The summed E-state index contributed by atoms with van der Waals surface area (Å²) in [6, 6.07) is 0. The lowest BCUT2D eigenvalue weighted by Gasteiger charge is -2.19. The minimum Gasteiger partial charge on any atom is -0.458 e. The quantitative estimate of drug-likeness (QED) is 0.187. The Balaban J connectivity index is 4.31. The van der Waals surface area contributed by atoms with Crippen LogP contribution in [-0.2, 0) is 28.6 Å². The highest BCUT2D eigenvalue weighted by Gasteiger charge is 2.18. The molecule has 0 aromatic rings. The summed E-state index contributed by atoms with van der Waals surface area (Å²) in [7, 11) is 0. The summed E-state index contributed by atoms with van der Waals surface area (Å²) in [5.41, 5.74) is 0. The van der Waals surface area contributed by atoms with Crippen LogP contribution in [0.4, 0.5) is 0 Å². The highest BCUT2D eigenvalue weighted by Crippen LogP contribution is 2.10. The third kappa shape index (κ3) is 14.0. The summed E-state index contributed by atoms with van der Waals surface area (Å²) in [6.07, 6.45) is 0. The highest BCUT2D eigenvalue weighted by atomic mass is 79.9. The smallest absolute Gasteiger partial charge is 0.330 e. The van der Waals surface area contributed by atoms with Crippen LogP contribution in [0.25, 0.3) is 0 Å². The van der Waals surface area contributed by atoms with Crippen LogP contribution in [0.3, 0.4) is 0 Å². The molecule has 0 saturated carbocycles. The summed E-state index contributed by atoms with van der Waals surface area (Å²) in [6.45, 7) is 1.98. The van der Waals surface area contributed by atoms with Crippen molar-refractivity contribution in [1.29, 1.82) is 0 Å². The van der Waals surface area contributed by atoms with Crippen LogP contribution in [0.1, 0.15) is 0 Å². The van der Waals surface area contributed by atoms with E-state index in [9.17, 15) is 14.4 Å². The number of rotatable bonds is 12. The van der Waals surface area contributed by atoms with Gasteiger partial charge in [0.1, 0.15) is 39.5 Å². The van der Waals surface area contributed by atoms with Crippen molar-refractivity contribution in [2.24, 2.45) is 0 Å². The molecule has 25 heavy (non-hydrogen) atoms. The number of esters is 3. The second-order valence-electron chi connectivity index (χ2n) is 4.40. The molecular formula is C12H16Br6NO6+. The maximum atomic E-state index is 11.4. The number of ether oxygens (including phenoxy) is 3. The molecule has 7 nitrogen and oxygen atoms in total. The molecular weight excluding hydrogens is 734 g/mol. The molecule has 0 amide bonds. The van der Waals surface area contributed by atoms with Crippen LogP contribution in [0.15, 0.2) is 0 Å². The molecule has 0 unspecified atom stereocenters. The van der Waals surface area contributed by atoms with Gasteiger partial charge in [-0.25, -0.2) is 14.4 Å². The van der Waals surface area contributed by atoms with Crippen molar-refractivity contribution in [2.45, 2.75) is 11.2 Å². The molecule has 0 saturated heterocycles. The largest absolute Gasteiger partial charge is 0.458 e. The first-order valence-corrected chi connectivity index (χ1v) is 12.3. The zero-order valence-corrected chi connectivity index (χ0v) is 22.2. The van der Waals surface area contributed by atoms with Gasteiger partial charge in [-0.1, -0.05) is 95.6 Å². The van der Waals surface area contributed by atoms with Crippen LogP contribution in [-0.4, -0.2) is 68.6 Å². The fraction of sp³-hybridized carbons (Fsp3) is 0.750. The van der Waals surface area contributed by atoms with E-state index in [0.717, 1.165) is 4.90 Å². The van der Waals surface area contributed by atoms with Crippen LogP contribution in [0.2, 0.25) is 0 Å². The van der Waals surface area contributed by atoms with E-state index in [4.69, 9.17) is 14.2 Å². The SMILES string of the molecule is O=C(OCC[NH+](CCOC(=O)C(Br)Br)CCOC(=O)C(Br)Br)C(Br)Br. The number of carbonyl (C=O) groups excluding carboxylic acids is 3. The molecule has 146 valence electrons. The fourth-order valence-electron chi connectivity index (χ4n) is 1.45. The Bertz CT molecular complexity index is 375. The molecule has 0 aliphatic carbocycles. The van der Waals surface area contributed by atoms with Crippen molar-refractivity contribution in [3.05, 3.63) is 0 Å². The Morgan fingerprint density at radius 1 is 0.600 bits per heavy atom. The van der Waals surface area contributed by atoms with Gasteiger partial charge in [-0.15, -0.1) is 0 Å². The highest BCUT2D eigenvalue weighted by molar-refractivity contribution is 9.25. The lowest BCUT2D eigenvalue weighted by Crippen LogP contribution is -3.13. The molecule has 0 bridgehead atoms. The summed E-state index contributed by atoms with van der Waals surface area (Å²) >= 11 is 18.3. The Morgan fingerprint density at radius 2 is 0.840 bits per heavy atom. The Labute approximate surface area is 196 Å². The van der Waals surface area contributed by atoms with E-state index < -0.39 is 29.1 Å². The second-order valence-corrected chi connectivity index (χ2v) is 13.6. The number of alkyl halides is 6. The van der Waals surface area contributed by atoms with E-state index >= 15 is 0 Å². The van der Waals surface area contributed by atoms with Crippen molar-refractivity contribution >= 4 is 113 Å². The number of carbonyl (C=O) groups is 3. The van der Waals surface area contributed by atoms with Gasteiger partial charge in [0.2, 0.25) is 0 Å². The van der Waals surface area contributed by atoms with Gasteiger partial charge in [0.05, 0.1) is 0 Å². The number of hydrogen-bond acceptors (Lipinski definition) is 6. The van der Waals surface area contributed by atoms with E-state index in [2.05, 4.69) is 95.6 Å². The van der Waals surface area contributed by atoms with Gasteiger partial charge in [0.25, 0.3) is 0 Å². The Kier molecular flexibility index (Phi) is 16.0. The number of nitrogens with one attached hydrogen (secondary N) is 1. The molecule has 0 aromatic carbocycles. The van der Waals surface area contributed by atoms with Crippen molar-refractivity contribution in [3.8, 4) is 0 Å². The first-order chi connectivity index (χ1) is 11.6. The van der Waals surface area contributed by atoms with E-state index in [0.29, 0.717) is 19.6 Å². The Hall–Kier alpha value is 1.25. The third-order valence-electron chi connectivity index (χ3n) is 2.63. The van der Waals surface area contributed by atoms with Crippen molar-refractivity contribution in [2.75, 3.05) is 39.5 Å². The van der Waals surface area contributed by atoms with Crippen molar-refractivity contribution in [1.82, 2.24) is 0 Å². The fourth-order valence-corrected chi connectivity index (χ4v) is 2.24. The third-order valence-corrected chi connectivity index (χ3v) is 4.88. The monoisotopic (exact) mass is 744 g/mol. The van der Waals surface area contributed by atoms with Crippen LogP contribution < -0.4 is 4.90 Å². The van der Waals surface area contributed by atoms with Gasteiger partial charge in [-0.2, -0.15) is 0 Å². The zero-order valence-electron chi connectivity index (χ0n) is 12.7. The average molecular weight is 750 g/mol. The predicted molar refractivity (Wildman–Crippen MR) is 113 cm³/mol. The van der Waals surface area contributed by atoms with Gasteiger partial charge in [-0.05, 0) is 0 Å². The van der Waals surface area contributed by atoms with E-state index in [1.165, 1.54) is 0 Å². The average Bonchev–Trinajstić information content (AvgIpc) is 2.53. The summed E-state index contributed by atoms with van der Waals surface area (Å²) in [5.74, 6) is -1.29. The molecule has 0 fully saturated rings. The van der Waals surface area contributed by atoms with Crippen molar-refractivity contribution in [3.63, 3.8) is 0 Å². The molecule has 0 rings (SSSR count). The van der Waals surface area contributed by atoms with E-state index in [1.807, 2.05) is 0 Å². The molecule has 0 radical (unpaired) electrons. The summed E-state index contributed by atoms with van der Waals surface area (Å²) in [5, 5.41) is 0. The standard InChI is InChI=1S/C12H15Br6NO6/c13-7(14)10(20)23-4-1-19(2-5-24-11(21)8(15)16)3-6-25-12(22)9(17)18/h7-9H,1-6H2/p+1. The molecule has 0 aliphatic rings. The first kappa shape index (κ1) is 26.2. The maximum Gasteiger partial charge on any atom is 0.330 e. The van der Waals surface area contributed by atoms with Gasteiger partial charge in [-0.3, -0.25) is 0 Å². The van der Waals surface area contributed by atoms with Gasteiger partial charge < -0.3 is 19.1 Å². The van der Waals surface area contributed by atoms with E-state index in [-0.39, 0.29) is 19.8 Å². The summed E-state index contributed by atoms with van der Waals surface area (Å²) in [4.78, 5) is 35.1. The summed E-state index contributed by atoms with van der Waals surface area (Å²) < 4.78 is 13.5. The minimum atomic E-state index is -0.560. The molecule has 1 N–H and O–H groups in total. The Morgan fingerprint density at radius 3 is 1.04 bits per heavy atom. The molecule has 0 spiro atoms. The van der Waals surface area contributed by atoms with Crippen LogP contribution in [0.5, 0.6) is 0 Å². The molecule has 0 heterocycles. The predicted octanol–water partition coefficient (Wildman–Crippen LogP) is 1.85. The topological polar surface area (TPSA) is 83.3 Å². The number of halogens is 6. The van der Waals surface area contributed by atoms with Gasteiger partial charge in [0.15, 0.2) is 11.2 Å². The van der Waals surface area contributed by atoms with Gasteiger partial charge in [0, 0.05) is 0 Å². The number of quaternary nitrogens is 1. The molecule has 13 heteroatoms. The zero-order chi connectivity index (χ0) is 19.4. The lowest BCUT2D eigenvalue weighted by atomic mass is 10.4. The molecule has 0 aromatic heterocycles. The van der Waals surface area contributed by atoms with Crippen LogP contribution >= 0.6 is 95.6 Å². The van der Waals surface area contributed by atoms with E-state index in [1.54, 1.807) is 0 Å². The van der Waals surface area contributed by atoms with Gasteiger partial charge >= 0.3 is 17.9 Å².